The van der Waals surface area contributed by atoms with Crippen LogP contribution in [0.4, 0.5) is 0 Å². The van der Waals surface area contributed by atoms with Crippen LogP contribution in [0.3, 0.4) is 0 Å². The van der Waals surface area contributed by atoms with E-state index in [1.807, 2.05) is 17.9 Å². The maximum atomic E-state index is 9.94. The lowest BCUT2D eigenvalue weighted by Gasteiger charge is -2.21. The minimum atomic E-state index is -0.645. The smallest absolute Gasteiger partial charge is 0.119 e. The number of hydrogen-bond acceptors (Lipinski definition) is 5. The van der Waals surface area contributed by atoms with E-state index in [2.05, 4.69) is 0 Å². The van der Waals surface area contributed by atoms with Crippen molar-refractivity contribution >= 4 is 0 Å². The molecule has 2 atom stereocenters. The van der Waals surface area contributed by atoms with Gasteiger partial charge in [0.25, 0.3) is 0 Å². The fourth-order valence-corrected chi connectivity index (χ4v) is 2.36. The third-order valence-corrected chi connectivity index (χ3v) is 3.43. The molecule has 0 saturated carbocycles. The molecule has 0 amide bonds. The minimum Gasteiger partial charge on any atom is -0.491 e. The van der Waals surface area contributed by atoms with E-state index in [1.165, 1.54) is 0 Å². The molecule has 1 aromatic rings. The average Bonchev–Trinajstić information content (AvgIpc) is 2.76. The van der Waals surface area contributed by atoms with Gasteiger partial charge in [-0.15, -0.1) is 0 Å². The monoisotopic (exact) mass is 276 g/mol. The van der Waals surface area contributed by atoms with E-state index < -0.39 is 11.7 Å². The highest BCUT2D eigenvalue weighted by Gasteiger charge is 2.31. The molecule has 108 valence electrons. The summed E-state index contributed by atoms with van der Waals surface area (Å²) in [5.74, 6) is 0.636. The van der Waals surface area contributed by atoms with Gasteiger partial charge in [-0.05, 0) is 37.6 Å². The van der Waals surface area contributed by atoms with E-state index in [1.54, 1.807) is 24.3 Å². The van der Waals surface area contributed by atoms with E-state index in [-0.39, 0.29) is 6.61 Å². The van der Waals surface area contributed by atoms with Crippen molar-refractivity contribution in [3.63, 3.8) is 0 Å². The molecule has 0 spiro atoms. The molecule has 2 N–H and O–H groups in total. The van der Waals surface area contributed by atoms with Crippen molar-refractivity contribution in [3.8, 4) is 11.8 Å². The van der Waals surface area contributed by atoms with E-state index in [0.717, 1.165) is 13.0 Å². The van der Waals surface area contributed by atoms with Gasteiger partial charge in [-0.3, -0.25) is 4.90 Å². The van der Waals surface area contributed by atoms with Gasteiger partial charge in [0, 0.05) is 19.6 Å². The van der Waals surface area contributed by atoms with Crippen LogP contribution in [0.5, 0.6) is 5.75 Å². The van der Waals surface area contributed by atoms with Crippen molar-refractivity contribution in [2.24, 2.45) is 0 Å². The van der Waals surface area contributed by atoms with Crippen molar-refractivity contribution in [3.05, 3.63) is 29.8 Å². The van der Waals surface area contributed by atoms with Crippen molar-refractivity contribution in [1.29, 1.82) is 5.26 Å². The van der Waals surface area contributed by atoms with Crippen LogP contribution >= 0.6 is 0 Å². The first kappa shape index (κ1) is 14.8. The molecule has 1 saturated heterocycles. The fraction of sp³-hybridized carbons (Fsp3) is 0.533. The maximum Gasteiger partial charge on any atom is 0.119 e. The number of nitrogens with zero attached hydrogens (tertiary/aromatic N) is 2. The van der Waals surface area contributed by atoms with Crippen LogP contribution in [-0.4, -0.2) is 53.1 Å². The average molecular weight is 276 g/mol. The Hall–Kier alpha value is -1.61. The van der Waals surface area contributed by atoms with Crippen LogP contribution < -0.4 is 4.74 Å². The van der Waals surface area contributed by atoms with Gasteiger partial charge in [0.15, 0.2) is 0 Å². The highest BCUT2D eigenvalue weighted by molar-refractivity contribution is 5.34. The molecule has 5 nitrogen and oxygen atoms in total. The molecular weight excluding hydrogens is 256 g/mol. The third kappa shape index (κ3) is 4.20. The topological polar surface area (TPSA) is 76.7 Å². The lowest BCUT2D eigenvalue weighted by Crippen LogP contribution is -2.37. The van der Waals surface area contributed by atoms with Crippen LogP contribution in [0.15, 0.2) is 24.3 Å². The van der Waals surface area contributed by atoms with Gasteiger partial charge in [-0.2, -0.15) is 5.26 Å². The molecule has 0 aromatic heterocycles. The van der Waals surface area contributed by atoms with Gasteiger partial charge < -0.3 is 14.9 Å². The van der Waals surface area contributed by atoms with E-state index in [0.29, 0.717) is 24.4 Å². The number of aliphatic hydroxyl groups is 2. The zero-order valence-electron chi connectivity index (χ0n) is 11.6. The highest BCUT2D eigenvalue weighted by atomic mass is 16.5. The maximum absolute atomic E-state index is 9.94. The molecule has 1 aromatic carbocycles. The zero-order valence-corrected chi connectivity index (χ0v) is 11.6. The Morgan fingerprint density at radius 1 is 1.45 bits per heavy atom. The quantitative estimate of drug-likeness (QED) is 0.830. The third-order valence-electron chi connectivity index (χ3n) is 3.43. The number of aliphatic hydroxyl groups excluding tert-OH is 1. The van der Waals surface area contributed by atoms with Gasteiger partial charge in [0.2, 0.25) is 0 Å². The standard InChI is InChI=1S/C15H20N2O3/c1-15(19)6-7-17(11-15)9-13(18)10-20-14-4-2-12(8-16)3-5-14/h2-5,13,18-19H,6-7,9-11H2,1H3. The number of ether oxygens (including phenoxy) is 1. The van der Waals surface area contributed by atoms with Gasteiger partial charge in [0.05, 0.1) is 17.2 Å². The SMILES string of the molecule is CC1(O)CCN(CC(O)COc2ccc(C#N)cc2)C1. The molecule has 0 aliphatic carbocycles. The number of benzene rings is 1. The summed E-state index contributed by atoms with van der Waals surface area (Å²) in [5, 5.41) is 28.5. The lowest BCUT2D eigenvalue weighted by molar-refractivity contribution is 0.0467. The summed E-state index contributed by atoms with van der Waals surface area (Å²) in [6.07, 6.45) is 0.135. The van der Waals surface area contributed by atoms with Crippen molar-refractivity contribution in [1.82, 2.24) is 4.90 Å². The molecule has 1 aliphatic rings. The zero-order chi connectivity index (χ0) is 14.6. The number of β-amino-alcohol motifs (C(OH)–C–C–N with tert-alkyl or cyclic N) is 2. The van der Waals surface area contributed by atoms with E-state index in [9.17, 15) is 10.2 Å². The molecule has 20 heavy (non-hydrogen) atoms. The summed E-state index contributed by atoms with van der Waals surface area (Å²) in [5.41, 5.74) is -0.0644. The highest BCUT2D eigenvalue weighted by Crippen LogP contribution is 2.20. The first-order valence-electron chi connectivity index (χ1n) is 6.74. The molecule has 0 radical (unpaired) electrons. The molecule has 2 rings (SSSR count). The summed E-state index contributed by atoms with van der Waals surface area (Å²) < 4.78 is 5.48. The van der Waals surface area contributed by atoms with Crippen molar-refractivity contribution in [2.75, 3.05) is 26.2 Å². The predicted molar refractivity (Wildman–Crippen MR) is 74.3 cm³/mol. The van der Waals surface area contributed by atoms with Crippen LogP contribution in [0.2, 0.25) is 0 Å². The Morgan fingerprint density at radius 3 is 2.70 bits per heavy atom. The largest absolute Gasteiger partial charge is 0.491 e. The second kappa shape index (κ2) is 6.23. The normalized spacial score (nSPS) is 24.3. The Balaban J connectivity index is 1.75. The van der Waals surface area contributed by atoms with E-state index in [4.69, 9.17) is 10.00 Å². The van der Waals surface area contributed by atoms with Gasteiger partial charge >= 0.3 is 0 Å². The number of rotatable bonds is 5. The summed E-state index contributed by atoms with van der Waals surface area (Å²) >= 11 is 0. The van der Waals surface area contributed by atoms with Crippen molar-refractivity contribution in [2.45, 2.75) is 25.0 Å². The first-order chi connectivity index (χ1) is 9.48. The van der Waals surface area contributed by atoms with E-state index >= 15 is 0 Å². The lowest BCUT2D eigenvalue weighted by atomic mass is 10.1. The van der Waals surface area contributed by atoms with Crippen LogP contribution in [-0.2, 0) is 0 Å². The van der Waals surface area contributed by atoms with Crippen LogP contribution in [0.1, 0.15) is 18.9 Å². The Kier molecular flexibility index (Phi) is 4.61. The van der Waals surface area contributed by atoms with Crippen molar-refractivity contribution < 1.29 is 14.9 Å². The first-order valence-corrected chi connectivity index (χ1v) is 6.74. The summed E-state index contributed by atoms with van der Waals surface area (Å²) in [4.78, 5) is 2.03. The molecule has 1 aliphatic heterocycles. The Labute approximate surface area is 119 Å². The molecule has 1 heterocycles. The van der Waals surface area contributed by atoms with Gasteiger partial charge in [0.1, 0.15) is 18.5 Å². The predicted octanol–water partition coefficient (Wildman–Crippen LogP) is 0.755. The molecular formula is C15H20N2O3. The Morgan fingerprint density at radius 2 is 2.15 bits per heavy atom. The second-order valence-corrected chi connectivity index (χ2v) is 5.58. The summed E-state index contributed by atoms with van der Waals surface area (Å²) in [6.45, 7) is 3.88. The second-order valence-electron chi connectivity index (χ2n) is 5.58. The van der Waals surface area contributed by atoms with Gasteiger partial charge in [-0.1, -0.05) is 0 Å². The fourth-order valence-electron chi connectivity index (χ4n) is 2.36. The number of hydrogen-bond donors (Lipinski definition) is 2. The number of likely N-dealkylation sites (tertiary alicyclic amines) is 1. The van der Waals surface area contributed by atoms with Gasteiger partial charge in [-0.25, -0.2) is 0 Å². The molecule has 5 heteroatoms. The number of nitriles is 1. The summed E-state index contributed by atoms with van der Waals surface area (Å²) in [7, 11) is 0. The van der Waals surface area contributed by atoms with Crippen LogP contribution in [0, 0.1) is 11.3 Å². The summed E-state index contributed by atoms with van der Waals surface area (Å²) in [6, 6.07) is 8.83. The minimum absolute atomic E-state index is 0.199. The molecule has 2 unspecified atom stereocenters. The molecule has 0 bridgehead atoms. The molecule has 1 fully saturated rings. The van der Waals surface area contributed by atoms with Crippen LogP contribution in [0.25, 0.3) is 0 Å². The Bertz CT molecular complexity index is 479.